The summed E-state index contributed by atoms with van der Waals surface area (Å²) >= 11 is 0. The number of hydrogen-bond acceptors (Lipinski definition) is 4. The van der Waals surface area contributed by atoms with Gasteiger partial charge in [-0.2, -0.15) is 0 Å². The molecule has 1 rings (SSSR count). The summed E-state index contributed by atoms with van der Waals surface area (Å²) in [6, 6.07) is 3.66. The topological polar surface area (TPSA) is 58.9 Å². The van der Waals surface area contributed by atoms with Crippen molar-refractivity contribution in [2.45, 2.75) is 72.8 Å². The lowest BCUT2D eigenvalue weighted by atomic mass is 9.91. The van der Waals surface area contributed by atoms with E-state index in [1.54, 1.807) is 20.3 Å². The highest BCUT2D eigenvalue weighted by molar-refractivity contribution is 5.77. The van der Waals surface area contributed by atoms with Crippen LogP contribution in [0.3, 0.4) is 0 Å². The quantitative estimate of drug-likeness (QED) is 0.388. The molecule has 158 valence electrons. The number of aliphatic hydroxyl groups is 1. The molecule has 0 radical (unpaired) electrons. The molecule has 0 aliphatic rings. The molecular formula is C24H38O4. The predicted octanol–water partition coefficient (Wildman–Crippen LogP) is 5.86. The Hall–Kier alpha value is -1.94. The molecule has 2 N–H and O–H groups in total. The van der Waals surface area contributed by atoms with E-state index in [0.717, 1.165) is 31.2 Å². The zero-order valence-electron chi connectivity index (χ0n) is 18.6. The molecule has 1 atom stereocenters. The van der Waals surface area contributed by atoms with E-state index in [-0.39, 0.29) is 11.2 Å². The average Bonchev–Trinajstić information content (AvgIpc) is 2.66. The van der Waals surface area contributed by atoms with Crippen LogP contribution in [0, 0.1) is 5.41 Å². The van der Waals surface area contributed by atoms with Gasteiger partial charge in [-0.05, 0) is 66.5 Å². The molecule has 0 bridgehead atoms. The highest BCUT2D eigenvalue weighted by Crippen LogP contribution is 2.37. The second kappa shape index (κ2) is 11.2. The van der Waals surface area contributed by atoms with Crippen molar-refractivity contribution >= 4 is 5.57 Å². The summed E-state index contributed by atoms with van der Waals surface area (Å²) in [6.07, 6.45) is 7.29. The maximum atomic E-state index is 10.9. The van der Waals surface area contributed by atoms with Crippen LogP contribution in [0.1, 0.15) is 71.4 Å². The van der Waals surface area contributed by atoms with Gasteiger partial charge in [0.05, 0.1) is 20.3 Å². The van der Waals surface area contributed by atoms with Crippen molar-refractivity contribution in [1.82, 2.24) is 0 Å². The Morgan fingerprint density at radius 3 is 2.36 bits per heavy atom. The van der Waals surface area contributed by atoms with Gasteiger partial charge in [-0.15, -0.1) is 0 Å². The van der Waals surface area contributed by atoms with Gasteiger partial charge in [-0.25, -0.2) is 0 Å². The number of methoxy groups -OCH3 is 2. The molecule has 4 nitrogen and oxygen atoms in total. The van der Waals surface area contributed by atoms with Crippen LogP contribution >= 0.6 is 0 Å². The predicted molar refractivity (Wildman–Crippen MR) is 117 cm³/mol. The SMILES string of the molecule is CCCCc1cc(OC)cc(/C(=C/C(=C\CC(C)(C)C)OC)C(O)CC)c1O. The molecule has 4 heteroatoms. The minimum atomic E-state index is -0.717. The molecule has 0 amide bonds. The van der Waals surface area contributed by atoms with Gasteiger partial charge in [0.15, 0.2) is 0 Å². The van der Waals surface area contributed by atoms with Crippen LogP contribution in [0.25, 0.3) is 5.57 Å². The van der Waals surface area contributed by atoms with Crippen LogP contribution in [0.5, 0.6) is 11.5 Å². The summed E-state index contributed by atoms with van der Waals surface area (Å²) < 4.78 is 11.0. The number of aromatic hydroxyl groups is 1. The first kappa shape index (κ1) is 24.1. The van der Waals surface area contributed by atoms with Crippen LogP contribution < -0.4 is 4.74 Å². The number of rotatable bonds is 10. The zero-order valence-corrected chi connectivity index (χ0v) is 18.6. The van der Waals surface area contributed by atoms with Crippen molar-refractivity contribution in [3.8, 4) is 11.5 Å². The number of unbranched alkanes of at least 4 members (excludes halogenated alkanes) is 1. The summed E-state index contributed by atoms with van der Waals surface area (Å²) in [4.78, 5) is 0. The molecule has 0 aliphatic heterocycles. The van der Waals surface area contributed by atoms with Crippen LogP contribution in [-0.2, 0) is 11.2 Å². The number of ether oxygens (including phenoxy) is 2. The number of aryl methyl sites for hydroxylation is 1. The van der Waals surface area contributed by atoms with E-state index in [2.05, 4.69) is 27.7 Å². The molecule has 0 aliphatic carbocycles. The van der Waals surface area contributed by atoms with Crippen molar-refractivity contribution in [3.05, 3.63) is 41.2 Å². The van der Waals surface area contributed by atoms with Gasteiger partial charge in [0.25, 0.3) is 0 Å². The van der Waals surface area contributed by atoms with E-state index < -0.39 is 6.10 Å². The number of phenols is 1. The van der Waals surface area contributed by atoms with E-state index in [9.17, 15) is 10.2 Å². The zero-order chi connectivity index (χ0) is 21.3. The lowest BCUT2D eigenvalue weighted by Crippen LogP contribution is -2.10. The Balaban J connectivity index is 3.51. The Morgan fingerprint density at radius 2 is 1.86 bits per heavy atom. The smallest absolute Gasteiger partial charge is 0.126 e. The number of aliphatic hydroxyl groups excluding tert-OH is 1. The summed E-state index contributed by atoms with van der Waals surface area (Å²) in [7, 11) is 3.24. The molecule has 1 aromatic rings. The summed E-state index contributed by atoms with van der Waals surface area (Å²) in [6.45, 7) is 10.5. The molecule has 0 saturated carbocycles. The third-order valence-corrected chi connectivity index (χ3v) is 4.70. The first-order chi connectivity index (χ1) is 13.2. The monoisotopic (exact) mass is 390 g/mol. The third kappa shape index (κ3) is 7.23. The highest BCUT2D eigenvalue weighted by atomic mass is 16.5. The molecule has 1 aromatic carbocycles. The Morgan fingerprint density at radius 1 is 1.18 bits per heavy atom. The molecule has 0 fully saturated rings. The van der Waals surface area contributed by atoms with E-state index in [1.807, 2.05) is 25.1 Å². The molecule has 0 spiro atoms. The van der Waals surface area contributed by atoms with E-state index in [4.69, 9.17) is 9.47 Å². The summed E-state index contributed by atoms with van der Waals surface area (Å²) in [5, 5.41) is 21.6. The van der Waals surface area contributed by atoms with E-state index >= 15 is 0 Å². The van der Waals surface area contributed by atoms with Gasteiger partial charge in [-0.3, -0.25) is 0 Å². The number of allylic oxidation sites excluding steroid dienone is 2. The van der Waals surface area contributed by atoms with Crippen molar-refractivity contribution in [3.63, 3.8) is 0 Å². The molecular weight excluding hydrogens is 352 g/mol. The highest BCUT2D eigenvalue weighted by Gasteiger charge is 2.20. The third-order valence-electron chi connectivity index (χ3n) is 4.70. The Bertz CT molecular complexity index is 681. The minimum Gasteiger partial charge on any atom is -0.507 e. The second-order valence-electron chi connectivity index (χ2n) is 8.39. The number of phenolic OH excluding ortho intramolecular Hbond substituents is 1. The molecule has 1 unspecified atom stereocenters. The number of benzene rings is 1. The van der Waals surface area contributed by atoms with Crippen molar-refractivity contribution in [2.24, 2.45) is 5.41 Å². The van der Waals surface area contributed by atoms with Crippen LogP contribution in [-0.4, -0.2) is 30.5 Å². The van der Waals surface area contributed by atoms with Gasteiger partial charge in [0.2, 0.25) is 0 Å². The lowest BCUT2D eigenvalue weighted by Gasteiger charge is -2.20. The van der Waals surface area contributed by atoms with Crippen LogP contribution in [0.2, 0.25) is 0 Å². The van der Waals surface area contributed by atoms with Gasteiger partial charge >= 0.3 is 0 Å². The van der Waals surface area contributed by atoms with Gasteiger partial charge in [-0.1, -0.05) is 41.0 Å². The fraction of sp³-hybridized carbons (Fsp3) is 0.583. The molecule has 28 heavy (non-hydrogen) atoms. The maximum Gasteiger partial charge on any atom is 0.126 e. The van der Waals surface area contributed by atoms with Gasteiger partial charge in [0.1, 0.15) is 17.3 Å². The van der Waals surface area contributed by atoms with E-state index in [1.165, 1.54) is 0 Å². The first-order valence-corrected chi connectivity index (χ1v) is 10.2. The van der Waals surface area contributed by atoms with Crippen LogP contribution in [0.15, 0.2) is 30.0 Å². The van der Waals surface area contributed by atoms with Crippen molar-refractivity contribution in [2.75, 3.05) is 14.2 Å². The van der Waals surface area contributed by atoms with Gasteiger partial charge < -0.3 is 19.7 Å². The van der Waals surface area contributed by atoms with E-state index in [0.29, 0.717) is 29.1 Å². The number of hydrogen-bond donors (Lipinski definition) is 2. The lowest BCUT2D eigenvalue weighted by molar-refractivity contribution is 0.227. The Labute approximate surface area is 170 Å². The molecule has 0 aromatic heterocycles. The minimum absolute atomic E-state index is 0.132. The Kier molecular flexibility index (Phi) is 9.60. The van der Waals surface area contributed by atoms with Crippen molar-refractivity contribution < 1.29 is 19.7 Å². The maximum absolute atomic E-state index is 10.9. The fourth-order valence-electron chi connectivity index (χ4n) is 2.90. The van der Waals surface area contributed by atoms with Crippen LogP contribution in [0.4, 0.5) is 0 Å². The molecule has 0 heterocycles. The summed E-state index contributed by atoms with van der Waals surface area (Å²) in [5.74, 6) is 1.56. The first-order valence-electron chi connectivity index (χ1n) is 10.2. The normalized spacial score (nSPS) is 14.1. The largest absolute Gasteiger partial charge is 0.507 e. The summed E-state index contributed by atoms with van der Waals surface area (Å²) in [5.41, 5.74) is 2.20. The second-order valence-corrected chi connectivity index (χ2v) is 8.39. The fourth-order valence-corrected chi connectivity index (χ4v) is 2.90. The van der Waals surface area contributed by atoms with Crippen molar-refractivity contribution in [1.29, 1.82) is 0 Å². The molecule has 0 saturated heterocycles. The van der Waals surface area contributed by atoms with Gasteiger partial charge in [0, 0.05) is 5.56 Å². The average molecular weight is 391 g/mol. The standard InChI is InChI=1S/C24H38O4/c1-8-10-11-17-14-19(28-7)16-21(23(17)26)20(22(25)9-2)15-18(27-6)12-13-24(3,4)5/h12,14-16,22,25-26H,8-11,13H2,1-7H3/b18-12+,20-15-.